The lowest BCUT2D eigenvalue weighted by molar-refractivity contribution is -0.137. The first-order chi connectivity index (χ1) is 17.3. The predicted octanol–water partition coefficient (Wildman–Crippen LogP) is 4.77. The molecule has 3 heterocycles. The number of anilines is 3. The third-order valence-corrected chi connectivity index (χ3v) is 5.82. The molecule has 3 N–H and O–H groups in total. The third-order valence-electron chi connectivity index (χ3n) is 5.82. The molecule has 0 unspecified atom stereocenters. The van der Waals surface area contributed by atoms with Gasteiger partial charge in [0.2, 0.25) is 5.95 Å². The van der Waals surface area contributed by atoms with E-state index in [0.717, 1.165) is 31.2 Å². The van der Waals surface area contributed by atoms with Crippen LogP contribution in [0.4, 0.5) is 35.0 Å². The van der Waals surface area contributed by atoms with Gasteiger partial charge < -0.3 is 20.7 Å². The lowest BCUT2D eigenvalue weighted by Gasteiger charge is -2.46. The van der Waals surface area contributed by atoms with Crippen LogP contribution in [-0.4, -0.2) is 48.5 Å². The van der Waals surface area contributed by atoms with Crippen molar-refractivity contribution in [1.29, 1.82) is 0 Å². The maximum Gasteiger partial charge on any atom is 0.416 e. The van der Waals surface area contributed by atoms with Gasteiger partial charge in [-0.3, -0.25) is 0 Å². The number of piperidine rings is 1. The molecule has 3 aromatic rings. The Hall–Kier alpha value is -3.48. The van der Waals surface area contributed by atoms with Crippen LogP contribution in [0.2, 0.25) is 0 Å². The van der Waals surface area contributed by atoms with Gasteiger partial charge in [-0.05, 0) is 52.7 Å². The van der Waals surface area contributed by atoms with E-state index >= 15 is 0 Å². The fraction of sp³-hybridized carbons (Fsp3) is 0.500. The van der Waals surface area contributed by atoms with Crippen molar-refractivity contribution in [2.45, 2.75) is 70.4 Å². The van der Waals surface area contributed by atoms with E-state index in [1.165, 1.54) is 23.4 Å². The Labute approximate surface area is 212 Å². The summed E-state index contributed by atoms with van der Waals surface area (Å²) in [5, 5.41) is 13.4. The molecule has 0 aliphatic carbocycles. The Bertz CT molecular complexity index is 1200. The van der Waals surface area contributed by atoms with Crippen LogP contribution >= 0.6 is 0 Å². The zero-order valence-electron chi connectivity index (χ0n) is 21.0. The number of hydrogen-bond acceptors (Lipinski definition) is 8. The Morgan fingerprint density at radius 3 is 2.51 bits per heavy atom. The average Bonchev–Trinajstić information content (AvgIpc) is 3.27. The summed E-state index contributed by atoms with van der Waals surface area (Å²) in [6.07, 6.45) is 0.665. The van der Waals surface area contributed by atoms with Crippen molar-refractivity contribution in [2.24, 2.45) is 0 Å². The number of nitrogens with one attached hydrogen (secondary N) is 3. The SMILES string of the molecule is CC1(C)CC(Nc2nc(Nc3cc(OCCn4cncn4)cc(C(F)(F)F)c3)ncc2F)CC(C)(C)N1. The molecule has 0 bridgehead atoms. The van der Waals surface area contributed by atoms with E-state index in [0.29, 0.717) is 6.54 Å². The predicted molar refractivity (Wildman–Crippen MR) is 130 cm³/mol. The fourth-order valence-corrected chi connectivity index (χ4v) is 4.80. The van der Waals surface area contributed by atoms with Crippen LogP contribution in [0.15, 0.2) is 37.1 Å². The van der Waals surface area contributed by atoms with Gasteiger partial charge in [-0.1, -0.05) is 0 Å². The molecule has 9 nitrogen and oxygen atoms in total. The van der Waals surface area contributed by atoms with E-state index in [4.69, 9.17) is 4.74 Å². The molecule has 200 valence electrons. The number of benzene rings is 1. The van der Waals surface area contributed by atoms with Gasteiger partial charge in [0.1, 0.15) is 25.0 Å². The number of rotatable bonds is 8. The maximum absolute atomic E-state index is 14.6. The molecule has 0 spiro atoms. The van der Waals surface area contributed by atoms with Gasteiger partial charge in [-0.15, -0.1) is 0 Å². The molecule has 2 aromatic heterocycles. The summed E-state index contributed by atoms with van der Waals surface area (Å²) in [5.74, 6) is -0.727. The summed E-state index contributed by atoms with van der Waals surface area (Å²) in [4.78, 5) is 11.9. The molecule has 1 aliphatic rings. The summed E-state index contributed by atoms with van der Waals surface area (Å²) in [6, 6.07) is 3.16. The van der Waals surface area contributed by atoms with E-state index in [-0.39, 0.29) is 46.9 Å². The van der Waals surface area contributed by atoms with Crippen LogP contribution in [0.5, 0.6) is 5.75 Å². The minimum atomic E-state index is -4.60. The standard InChI is InChI=1S/C24H30F4N8O/c1-22(2)10-17(11-23(3,4)35-22)32-20-19(25)12-30-21(34-20)33-16-7-15(24(26,27)28)8-18(9-16)37-6-5-36-14-29-13-31-36/h7-9,12-14,17,35H,5-6,10-11H2,1-4H3,(H2,30,32,33,34). The monoisotopic (exact) mass is 522 g/mol. The quantitative estimate of drug-likeness (QED) is 0.364. The molecule has 37 heavy (non-hydrogen) atoms. The second-order valence-corrected chi connectivity index (χ2v) is 10.4. The fourth-order valence-electron chi connectivity index (χ4n) is 4.80. The Morgan fingerprint density at radius 1 is 1.14 bits per heavy atom. The summed E-state index contributed by atoms with van der Waals surface area (Å²) in [5.41, 5.74) is -1.21. The highest BCUT2D eigenvalue weighted by atomic mass is 19.4. The molecule has 0 saturated carbocycles. The van der Waals surface area contributed by atoms with Crippen molar-refractivity contribution < 1.29 is 22.3 Å². The molecule has 13 heteroatoms. The second kappa shape index (κ2) is 10.1. The first kappa shape index (κ1) is 26.6. The lowest BCUT2D eigenvalue weighted by Crippen LogP contribution is -2.60. The molecule has 1 aromatic carbocycles. The minimum Gasteiger partial charge on any atom is -0.492 e. The third kappa shape index (κ3) is 7.28. The van der Waals surface area contributed by atoms with Gasteiger partial charge in [0, 0.05) is 28.9 Å². The largest absolute Gasteiger partial charge is 0.492 e. The highest BCUT2D eigenvalue weighted by Crippen LogP contribution is 2.35. The van der Waals surface area contributed by atoms with Crippen molar-refractivity contribution in [3.63, 3.8) is 0 Å². The molecule has 1 fully saturated rings. The van der Waals surface area contributed by atoms with Crippen molar-refractivity contribution in [3.05, 3.63) is 48.4 Å². The topological polar surface area (TPSA) is 102 Å². The van der Waals surface area contributed by atoms with Gasteiger partial charge in [0.05, 0.1) is 18.3 Å². The van der Waals surface area contributed by atoms with E-state index in [9.17, 15) is 17.6 Å². The van der Waals surface area contributed by atoms with Crippen LogP contribution in [0.3, 0.4) is 0 Å². The van der Waals surface area contributed by atoms with Gasteiger partial charge in [0.15, 0.2) is 11.6 Å². The summed E-state index contributed by atoms with van der Waals surface area (Å²) >= 11 is 0. The molecule has 4 rings (SSSR count). The van der Waals surface area contributed by atoms with Crippen molar-refractivity contribution in [2.75, 3.05) is 17.2 Å². The van der Waals surface area contributed by atoms with Crippen molar-refractivity contribution >= 4 is 17.5 Å². The second-order valence-electron chi connectivity index (χ2n) is 10.4. The summed E-state index contributed by atoms with van der Waals surface area (Å²) in [6.45, 7) is 8.68. The van der Waals surface area contributed by atoms with E-state index in [1.807, 2.05) is 0 Å². The molecule has 0 radical (unpaired) electrons. The molecule has 0 amide bonds. The van der Waals surface area contributed by atoms with Crippen molar-refractivity contribution in [3.8, 4) is 5.75 Å². The van der Waals surface area contributed by atoms with Crippen molar-refractivity contribution in [1.82, 2.24) is 30.0 Å². The highest BCUT2D eigenvalue weighted by Gasteiger charge is 2.38. The molecule has 1 saturated heterocycles. The number of ether oxygens (including phenoxy) is 1. The number of alkyl halides is 3. The lowest BCUT2D eigenvalue weighted by atomic mass is 9.79. The Balaban J connectivity index is 1.52. The summed E-state index contributed by atoms with van der Waals surface area (Å²) in [7, 11) is 0. The van der Waals surface area contributed by atoms with Gasteiger partial charge in [-0.25, -0.2) is 19.0 Å². The summed E-state index contributed by atoms with van der Waals surface area (Å²) < 4.78 is 62.2. The first-order valence-corrected chi connectivity index (χ1v) is 11.8. The molecular weight excluding hydrogens is 492 g/mol. The van der Waals surface area contributed by atoms with Crippen LogP contribution in [-0.2, 0) is 12.7 Å². The van der Waals surface area contributed by atoms with Gasteiger partial charge >= 0.3 is 6.18 Å². The number of hydrogen-bond donors (Lipinski definition) is 3. The van der Waals surface area contributed by atoms with E-state index in [1.54, 1.807) is 0 Å². The number of nitrogens with zero attached hydrogens (tertiary/aromatic N) is 5. The molecule has 0 atom stereocenters. The zero-order valence-corrected chi connectivity index (χ0v) is 21.0. The molecular formula is C24H30F4N8O. The maximum atomic E-state index is 14.6. The first-order valence-electron chi connectivity index (χ1n) is 11.8. The van der Waals surface area contributed by atoms with Gasteiger partial charge in [0.25, 0.3) is 0 Å². The zero-order chi connectivity index (χ0) is 26.8. The minimum absolute atomic E-state index is 0.00271. The smallest absolute Gasteiger partial charge is 0.416 e. The Morgan fingerprint density at radius 2 is 1.86 bits per heavy atom. The van der Waals surface area contributed by atoms with Crippen LogP contribution in [0.25, 0.3) is 0 Å². The van der Waals surface area contributed by atoms with Crippen LogP contribution in [0, 0.1) is 5.82 Å². The molecule has 1 aliphatic heterocycles. The Kier molecular flexibility index (Phi) is 7.27. The van der Waals surface area contributed by atoms with Gasteiger partial charge in [-0.2, -0.15) is 23.3 Å². The van der Waals surface area contributed by atoms with E-state index in [2.05, 4.69) is 63.7 Å². The normalized spacial score (nSPS) is 17.4. The number of halogens is 4. The van der Waals surface area contributed by atoms with Crippen LogP contribution < -0.4 is 20.7 Å². The average molecular weight is 523 g/mol. The number of aromatic nitrogens is 5. The van der Waals surface area contributed by atoms with E-state index < -0.39 is 17.6 Å². The van der Waals surface area contributed by atoms with Crippen LogP contribution in [0.1, 0.15) is 46.1 Å². The highest BCUT2D eigenvalue weighted by molar-refractivity contribution is 5.59.